The van der Waals surface area contributed by atoms with Crippen LogP contribution in [0.25, 0.3) is 21.5 Å². The Bertz CT molecular complexity index is 982. The minimum Gasteiger partial charge on any atom is -0.368 e. The van der Waals surface area contributed by atoms with Crippen LogP contribution in [-0.2, 0) is 4.79 Å². The number of nitriles is 1. The Balaban J connectivity index is 2.12. The zero-order valence-electron chi connectivity index (χ0n) is 14.4. The molecule has 0 saturated carbocycles. The number of carbonyl (C=O) groups is 2. The van der Waals surface area contributed by atoms with Gasteiger partial charge in [-0.25, -0.2) is 0 Å². The normalized spacial score (nSPS) is 13.1. The van der Waals surface area contributed by atoms with Crippen LogP contribution in [0.2, 0.25) is 0 Å². The zero-order valence-corrected chi connectivity index (χ0v) is 14.4. The molecular weight excluding hydrogens is 326 g/mol. The first kappa shape index (κ1) is 17.4. The molecule has 0 heterocycles. The molecule has 2 atom stereocenters. The van der Waals surface area contributed by atoms with E-state index in [1.54, 1.807) is 6.92 Å². The molecule has 2 amide bonds. The van der Waals surface area contributed by atoms with E-state index in [1.807, 2.05) is 60.7 Å². The first-order valence-corrected chi connectivity index (χ1v) is 8.40. The molecule has 130 valence electrons. The Morgan fingerprint density at radius 2 is 1.62 bits per heavy atom. The number of nitrogens with zero attached hydrogens (tertiary/aromatic N) is 1. The van der Waals surface area contributed by atoms with E-state index in [4.69, 9.17) is 11.0 Å². The lowest BCUT2D eigenvalue weighted by Crippen LogP contribution is -2.48. The largest absolute Gasteiger partial charge is 0.368 e. The molecule has 3 aromatic carbocycles. The predicted molar refractivity (Wildman–Crippen MR) is 101 cm³/mol. The lowest BCUT2D eigenvalue weighted by atomic mass is 9.94. The van der Waals surface area contributed by atoms with Crippen LogP contribution in [0.15, 0.2) is 54.6 Å². The molecule has 0 aliphatic rings. The average Bonchev–Trinajstić information content (AvgIpc) is 2.63. The first-order valence-electron chi connectivity index (χ1n) is 8.40. The quantitative estimate of drug-likeness (QED) is 0.695. The lowest BCUT2D eigenvalue weighted by molar-refractivity contribution is -0.120. The molecule has 3 N–H and O–H groups in total. The Morgan fingerprint density at radius 3 is 2.12 bits per heavy atom. The van der Waals surface area contributed by atoms with Crippen LogP contribution in [0, 0.1) is 17.2 Å². The Labute approximate surface area is 151 Å². The molecular formula is C21H19N3O2. The molecule has 0 spiro atoms. The molecule has 3 aromatic rings. The van der Waals surface area contributed by atoms with Crippen LogP contribution in [0.3, 0.4) is 0 Å². The van der Waals surface area contributed by atoms with Crippen LogP contribution in [0.4, 0.5) is 0 Å². The van der Waals surface area contributed by atoms with Gasteiger partial charge in [-0.05, 0) is 33.5 Å². The molecule has 5 heteroatoms. The summed E-state index contributed by atoms with van der Waals surface area (Å²) in [7, 11) is 0. The Kier molecular flexibility index (Phi) is 4.85. The number of amides is 2. The summed E-state index contributed by atoms with van der Waals surface area (Å²) in [5.41, 5.74) is 5.96. The van der Waals surface area contributed by atoms with Crippen molar-refractivity contribution in [1.29, 1.82) is 5.26 Å². The topological polar surface area (TPSA) is 96.0 Å². The van der Waals surface area contributed by atoms with Crippen molar-refractivity contribution in [3.63, 3.8) is 0 Å². The number of hydrogen-bond acceptors (Lipinski definition) is 3. The molecule has 0 bridgehead atoms. The third-order valence-electron chi connectivity index (χ3n) is 4.57. The average molecular weight is 345 g/mol. The van der Waals surface area contributed by atoms with Crippen molar-refractivity contribution in [3.8, 4) is 6.07 Å². The minimum absolute atomic E-state index is 0.129. The van der Waals surface area contributed by atoms with E-state index in [-0.39, 0.29) is 18.2 Å². The van der Waals surface area contributed by atoms with Gasteiger partial charge in [0.1, 0.15) is 6.04 Å². The van der Waals surface area contributed by atoms with Gasteiger partial charge in [0.2, 0.25) is 5.91 Å². The van der Waals surface area contributed by atoms with E-state index in [1.165, 1.54) is 0 Å². The van der Waals surface area contributed by atoms with Gasteiger partial charge in [0.05, 0.1) is 11.6 Å². The fourth-order valence-electron chi connectivity index (χ4n) is 3.23. The standard InChI is InChI=1S/C21H19N3O2/c1-13(10-11-22)19(20(23)25)24-21(26)18-16-8-4-2-6-14(16)12-15-7-3-5-9-17(15)18/h2-9,12-13,19H,10H2,1H3,(H2,23,25)(H,24,26)/t13-,19+/m0/s1. The van der Waals surface area contributed by atoms with E-state index in [0.29, 0.717) is 5.56 Å². The van der Waals surface area contributed by atoms with Crippen molar-refractivity contribution >= 4 is 33.4 Å². The van der Waals surface area contributed by atoms with Crippen molar-refractivity contribution < 1.29 is 9.59 Å². The summed E-state index contributed by atoms with van der Waals surface area (Å²) in [5.74, 6) is -1.39. The minimum atomic E-state index is -0.903. The number of benzene rings is 3. The third-order valence-corrected chi connectivity index (χ3v) is 4.57. The second kappa shape index (κ2) is 7.24. The molecule has 0 unspecified atom stereocenters. The molecule has 0 radical (unpaired) electrons. The maximum Gasteiger partial charge on any atom is 0.253 e. The van der Waals surface area contributed by atoms with Crippen molar-refractivity contribution in [1.82, 2.24) is 5.32 Å². The number of hydrogen-bond donors (Lipinski definition) is 2. The summed E-state index contributed by atoms with van der Waals surface area (Å²) in [4.78, 5) is 24.9. The second-order valence-electron chi connectivity index (χ2n) is 6.39. The van der Waals surface area contributed by atoms with E-state index < -0.39 is 11.9 Å². The summed E-state index contributed by atoms with van der Waals surface area (Å²) in [6, 6.07) is 18.4. The van der Waals surface area contributed by atoms with Crippen molar-refractivity contribution in [2.24, 2.45) is 11.7 Å². The van der Waals surface area contributed by atoms with Crippen LogP contribution < -0.4 is 11.1 Å². The highest BCUT2D eigenvalue weighted by Crippen LogP contribution is 2.28. The first-order chi connectivity index (χ1) is 12.5. The van der Waals surface area contributed by atoms with Crippen LogP contribution >= 0.6 is 0 Å². The number of rotatable bonds is 5. The number of fused-ring (bicyclic) bond motifs is 2. The van der Waals surface area contributed by atoms with Gasteiger partial charge in [-0.1, -0.05) is 55.5 Å². The van der Waals surface area contributed by atoms with Gasteiger partial charge < -0.3 is 11.1 Å². The maximum absolute atomic E-state index is 13.1. The van der Waals surface area contributed by atoms with Gasteiger partial charge in [0.15, 0.2) is 0 Å². The van der Waals surface area contributed by atoms with E-state index in [0.717, 1.165) is 21.5 Å². The van der Waals surface area contributed by atoms with E-state index >= 15 is 0 Å². The number of primary amides is 1. The summed E-state index contributed by atoms with van der Waals surface area (Å²) >= 11 is 0. The molecule has 0 saturated heterocycles. The summed E-state index contributed by atoms with van der Waals surface area (Å²) in [5, 5.41) is 15.1. The highest BCUT2D eigenvalue weighted by atomic mass is 16.2. The van der Waals surface area contributed by atoms with Gasteiger partial charge in [-0.2, -0.15) is 5.26 Å². The fourth-order valence-corrected chi connectivity index (χ4v) is 3.23. The highest BCUT2D eigenvalue weighted by molar-refractivity contribution is 6.18. The highest BCUT2D eigenvalue weighted by Gasteiger charge is 2.26. The Morgan fingerprint density at radius 1 is 1.08 bits per heavy atom. The zero-order chi connectivity index (χ0) is 18.7. The molecule has 0 fully saturated rings. The molecule has 0 aliphatic heterocycles. The summed E-state index contributed by atoms with van der Waals surface area (Å²) in [6.07, 6.45) is 0.129. The second-order valence-corrected chi connectivity index (χ2v) is 6.39. The maximum atomic E-state index is 13.1. The molecule has 26 heavy (non-hydrogen) atoms. The van der Waals surface area contributed by atoms with Crippen molar-refractivity contribution in [2.45, 2.75) is 19.4 Å². The van der Waals surface area contributed by atoms with E-state index in [9.17, 15) is 9.59 Å². The monoisotopic (exact) mass is 345 g/mol. The fraction of sp³-hybridized carbons (Fsp3) is 0.190. The third kappa shape index (κ3) is 3.22. The van der Waals surface area contributed by atoms with Gasteiger partial charge in [0, 0.05) is 6.42 Å². The predicted octanol–water partition coefficient (Wildman–Crippen LogP) is 3.13. The molecule has 0 aliphatic carbocycles. The van der Waals surface area contributed by atoms with Crippen molar-refractivity contribution in [2.75, 3.05) is 0 Å². The lowest BCUT2D eigenvalue weighted by Gasteiger charge is -2.21. The van der Waals surface area contributed by atoms with Gasteiger partial charge in [0.25, 0.3) is 5.91 Å². The summed E-state index contributed by atoms with van der Waals surface area (Å²) in [6.45, 7) is 1.72. The van der Waals surface area contributed by atoms with Gasteiger partial charge in [-0.3, -0.25) is 9.59 Å². The number of nitrogens with two attached hydrogens (primary N) is 1. The smallest absolute Gasteiger partial charge is 0.253 e. The Hall–Kier alpha value is -3.39. The number of carbonyl (C=O) groups excluding carboxylic acids is 2. The van der Waals surface area contributed by atoms with Crippen molar-refractivity contribution in [3.05, 3.63) is 60.2 Å². The summed E-state index contributed by atoms with van der Waals surface area (Å²) < 4.78 is 0. The molecule has 5 nitrogen and oxygen atoms in total. The number of nitrogens with one attached hydrogen (secondary N) is 1. The van der Waals surface area contributed by atoms with Gasteiger partial charge >= 0.3 is 0 Å². The van der Waals surface area contributed by atoms with Crippen LogP contribution in [-0.4, -0.2) is 17.9 Å². The molecule has 3 rings (SSSR count). The molecule has 0 aromatic heterocycles. The van der Waals surface area contributed by atoms with Crippen LogP contribution in [0.5, 0.6) is 0 Å². The van der Waals surface area contributed by atoms with E-state index in [2.05, 4.69) is 5.32 Å². The SMILES string of the molecule is C[C@@H](CC#N)[C@@H](NC(=O)c1c2ccccc2cc2ccccc12)C(N)=O. The van der Waals surface area contributed by atoms with Crippen LogP contribution in [0.1, 0.15) is 23.7 Å². The van der Waals surface area contributed by atoms with Gasteiger partial charge in [-0.15, -0.1) is 0 Å².